The molecule has 0 amide bonds. The second-order valence-electron chi connectivity index (χ2n) is 4.24. The van der Waals surface area contributed by atoms with Crippen molar-refractivity contribution in [2.75, 3.05) is 19.6 Å². The van der Waals surface area contributed by atoms with Gasteiger partial charge in [-0.25, -0.2) is 0 Å². The lowest BCUT2D eigenvalue weighted by Crippen LogP contribution is -2.28. The number of alkyl halides is 1. The first-order valence-corrected chi connectivity index (χ1v) is 6.00. The largest absolute Gasteiger partial charge is 0.381 e. The van der Waals surface area contributed by atoms with Gasteiger partial charge in [-0.1, -0.05) is 6.92 Å². The zero-order valence-corrected chi connectivity index (χ0v) is 9.93. The quantitative estimate of drug-likeness (QED) is 0.664. The van der Waals surface area contributed by atoms with Crippen LogP contribution >= 0.6 is 11.6 Å². The third-order valence-electron chi connectivity index (χ3n) is 2.79. The van der Waals surface area contributed by atoms with Crippen molar-refractivity contribution in [3.8, 4) is 0 Å². The molecule has 0 aromatic carbocycles. The van der Waals surface area contributed by atoms with Crippen LogP contribution in [0.1, 0.15) is 32.6 Å². The highest BCUT2D eigenvalue weighted by molar-refractivity contribution is 6.18. The molecule has 1 rings (SSSR count). The maximum atomic E-state index is 5.80. The van der Waals surface area contributed by atoms with Crippen LogP contribution in [0.3, 0.4) is 0 Å². The summed E-state index contributed by atoms with van der Waals surface area (Å²) >= 11 is 5.72. The maximum absolute atomic E-state index is 5.80. The molecule has 1 fully saturated rings. The van der Waals surface area contributed by atoms with E-state index in [0.29, 0.717) is 24.0 Å². The molecule has 0 bridgehead atoms. The zero-order chi connectivity index (χ0) is 10.4. The van der Waals surface area contributed by atoms with Gasteiger partial charge in [-0.2, -0.15) is 0 Å². The van der Waals surface area contributed by atoms with Crippen molar-refractivity contribution < 1.29 is 9.47 Å². The number of ether oxygens (including phenoxy) is 2. The van der Waals surface area contributed by atoms with Gasteiger partial charge < -0.3 is 9.47 Å². The van der Waals surface area contributed by atoms with Crippen LogP contribution in [-0.4, -0.2) is 31.8 Å². The Morgan fingerprint density at radius 1 is 1.36 bits per heavy atom. The molecule has 0 N–H and O–H groups in total. The smallest absolute Gasteiger partial charge is 0.0600 e. The van der Waals surface area contributed by atoms with E-state index in [1.54, 1.807) is 7.11 Å². The fraction of sp³-hybridized carbons (Fsp3) is 1.00. The molecule has 0 spiro atoms. The van der Waals surface area contributed by atoms with E-state index in [9.17, 15) is 0 Å². The Balaban J connectivity index is 2.17. The molecule has 1 aliphatic carbocycles. The van der Waals surface area contributed by atoms with Crippen LogP contribution in [0.25, 0.3) is 0 Å². The predicted molar refractivity (Wildman–Crippen MR) is 58.9 cm³/mol. The zero-order valence-electron chi connectivity index (χ0n) is 9.17. The lowest BCUT2D eigenvalue weighted by atomic mass is 9.95. The first kappa shape index (κ1) is 12.3. The van der Waals surface area contributed by atoms with Gasteiger partial charge in [-0.15, -0.1) is 11.6 Å². The Bertz CT molecular complexity index is 152. The molecule has 0 aliphatic heterocycles. The number of hydrogen-bond donors (Lipinski definition) is 0. The van der Waals surface area contributed by atoms with Crippen molar-refractivity contribution in [3.05, 3.63) is 0 Å². The van der Waals surface area contributed by atoms with Gasteiger partial charge in [-0.3, -0.25) is 0 Å². The minimum atomic E-state index is 0.388. The maximum Gasteiger partial charge on any atom is 0.0600 e. The van der Waals surface area contributed by atoms with Crippen molar-refractivity contribution >= 4 is 11.6 Å². The van der Waals surface area contributed by atoms with Crippen molar-refractivity contribution in [2.24, 2.45) is 5.92 Å². The van der Waals surface area contributed by atoms with Crippen LogP contribution in [0.2, 0.25) is 0 Å². The molecule has 1 saturated carbocycles. The average Bonchev–Trinajstić information content (AvgIpc) is 2.26. The molecular weight excluding hydrogens is 200 g/mol. The van der Waals surface area contributed by atoms with Crippen LogP contribution < -0.4 is 0 Å². The fourth-order valence-electron chi connectivity index (χ4n) is 1.81. The number of rotatable bonds is 5. The molecule has 0 radical (unpaired) electrons. The first-order chi connectivity index (χ1) is 6.76. The van der Waals surface area contributed by atoms with Crippen LogP contribution in [0.5, 0.6) is 0 Å². The van der Waals surface area contributed by atoms with Gasteiger partial charge in [0.2, 0.25) is 0 Å². The molecule has 0 saturated heterocycles. The Morgan fingerprint density at radius 3 is 2.71 bits per heavy atom. The van der Waals surface area contributed by atoms with Gasteiger partial charge in [0, 0.05) is 13.0 Å². The molecule has 0 heterocycles. The highest BCUT2D eigenvalue weighted by Crippen LogP contribution is 2.23. The molecule has 14 heavy (non-hydrogen) atoms. The molecule has 3 unspecified atom stereocenters. The van der Waals surface area contributed by atoms with E-state index in [0.717, 1.165) is 13.0 Å². The van der Waals surface area contributed by atoms with E-state index in [2.05, 4.69) is 6.92 Å². The average molecular weight is 221 g/mol. The van der Waals surface area contributed by atoms with Gasteiger partial charge in [0.05, 0.1) is 18.8 Å². The van der Waals surface area contributed by atoms with Crippen LogP contribution in [-0.2, 0) is 9.47 Å². The van der Waals surface area contributed by atoms with E-state index in [4.69, 9.17) is 21.1 Å². The van der Waals surface area contributed by atoms with Gasteiger partial charge in [0.15, 0.2) is 0 Å². The Kier molecular flexibility index (Phi) is 5.83. The second kappa shape index (κ2) is 6.65. The molecule has 84 valence electrons. The monoisotopic (exact) mass is 220 g/mol. The molecular formula is C11H21ClO2. The summed E-state index contributed by atoms with van der Waals surface area (Å²) in [7, 11) is 1.79. The predicted octanol–water partition coefficient (Wildman–Crippen LogP) is 2.84. The van der Waals surface area contributed by atoms with E-state index >= 15 is 0 Å². The Morgan fingerprint density at radius 2 is 2.07 bits per heavy atom. The van der Waals surface area contributed by atoms with Gasteiger partial charge >= 0.3 is 0 Å². The van der Waals surface area contributed by atoms with Crippen LogP contribution in [0, 0.1) is 5.92 Å². The lowest BCUT2D eigenvalue weighted by Gasteiger charge is -2.28. The minimum Gasteiger partial charge on any atom is -0.381 e. The van der Waals surface area contributed by atoms with Gasteiger partial charge in [0.1, 0.15) is 0 Å². The molecule has 3 atom stereocenters. The van der Waals surface area contributed by atoms with Gasteiger partial charge in [-0.05, 0) is 31.6 Å². The fourth-order valence-corrected chi connectivity index (χ4v) is 1.90. The number of hydrogen-bond acceptors (Lipinski definition) is 2. The Hall–Kier alpha value is 0.210. The van der Waals surface area contributed by atoms with E-state index in [-0.39, 0.29) is 0 Å². The minimum absolute atomic E-state index is 0.388. The summed E-state index contributed by atoms with van der Waals surface area (Å²) in [6, 6.07) is 0. The summed E-state index contributed by atoms with van der Waals surface area (Å²) in [5.41, 5.74) is 0. The summed E-state index contributed by atoms with van der Waals surface area (Å²) in [4.78, 5) is 0. The summed E-state index contributed by atoms with van der Waals surface area (Å²) in [6.07, 6.45) is 5.42. The van der Waals surface area contributed by atoms with E-state index in [1.807, 2.05) is 0 Å². The summed E-state index contributed by atoms with van der Waals surface area (Å²) in [5, 5.41) is 0. The third kappa shape index (κ3) is 4.16. The molecule has 0 aromatic heterocycles. The number of halogens is 1. The Labute approximate surface area is 91.9 Å². The van der Waals surface area contributed by atoms with Crippen molar-refractivity contribution in [3.63, 3.8) is 0 Å². The second-order valence-corrected chi connectivity index (χ2v) is 4.55. The van der Waals surface area contributed by atoms with E-state index in [1.165, 1.54) is 19.3 Å². The SMILES string of the molecule is COC1CCCC(OCC(C)CCl)C1. The van der Waals surface area contributed by atoms with Gasteiger partial charge in [0.25, 0.3) is 0 Å². The van der Waals surface area contributed by atoms with E-state index < -0.39 is 0 Å². The molecule has 0 aromatic rings. The standard InChI is InChI=1S/C11H21ClO2/c1-9(7-12)8-14-11-5-3-4-10(6-11)13-2/h9-11H,3-8H2,1-2H3. The third-order valence-corrected chi connectivity index (χ3v) is 3.32. The molecule has 1 aliphatic rings. The van der Waals surface area contributed by atoms with Crippen molar-refractivity contribution in [2.45, 2.75) is 44.8 Å². The number of methoxy groups -OCH3 is 1. The topological polar surface area (TPSA) is 18.5 Å². The summed E-state index contributed by atoms with van der Waals surface area (Å²) in [5.74, 6) is 1.14. The lowest BCUT2D eigenvalue weighted by molar-refractivity contribution is -0.0366. The van der Waals surface area contributed by atoms with Crippen LogP contribution in [0.15, 0.2) is 0 Å². The van der Waals surface area contributed by atoms with Crippen molar-refractivity contribution in [1.82, 2.24) is 0 Å². The highest BCUT2D eigenvalue weighted by atomic mass is 35.5. The first-order valence-electron chi connectivity index (χ1n) is 5.46. The highest BCUT2D eigenvalue weighted by Gasteiger charge is 2.22. The molecule has 2 nitrogen and oxygen atoms in total. The summed E-state index contributed by atoms with van der Waals surface area (Å²) < 4.78 is 11.2. The van der Waals surface area contributed by atoms with Crippen molar-refractivity contribution in [1.29, 1.82) is 0 Å². The van der Waals surface area contributed by atoms with Crippen LogP contribution in [0.4, 0.5) is 0 Å². The summed E-state index contributed by atoms with van der Waals surface area (Å²) in [6.45, 7) is 2.90. The normalized spacial score (nSPS) is 30.2. The molecule has 3 heteroatoms.